The van der Waals surface area contributed by atoms with E-state index in [0.29, 0.717) is 29.4 Å². The van der Waals surface area contributed by atoms with Crippen LogP contribution in [0.15, 0.2) is 84.9 Å². The molecule has 2 saturated carbocycles. The first-order valence-electron chi connectivity index (χ1n) is 15.0. The Balaban J connectivity index is 1.10. The second kappa shape index (κ2) is 11.5. The van der Waals surface area contributed by atoms with E-state index in [-0.39, 0.29) is 0 Å². The molecule has 1 saturated heterocycles. The van der Waals surface area contributed by atoms with Crippen LogP contribution < -0.4 is 9.64 Å². The Hall–Kier alpha value is -3.20. The van der Waals surface area contributed by atoms with E-state index in [0.717, 1.165) is 50.6 Å². The average molecular weight is 522 g/mol. The monoisotopic (exact) mass is 521 g/mol. The van der Waals surface area contributed by atoms with E-state index < -0.39 is 0 Å². The summed E-state index contributed by atoms with van der Waals surface area (Å²) in [4.78, 5) is 2.50. The zero-order chi connectivity index (χ0) is 26.8. The molecule has 3 heteroatoms. The molecule has 0 bridgehead atoms. The molecule has 0 radical (unpaired) electrons. The van der Waals surface area contributed by atoms with Crippen molar-refractivity contribution in [3.05, 3.63) is 102 Å². The van der Waals surface area contributed by atoms with E-state index in [1.54, 1.807) is 0 Å². The number of hydrogen-bond acceptors (Lipinski definition) is 3. The van der Waals surface area contributed by atoms with E-state index in [1.165, 1.54) is 53.6 Å². The third kappa shape index (κ3) is 6.35. The van der Waals surface area contributed by atoms with Crippen LogP contribution in [0.3, 0.4) is 0 Å². The molecule has 2 unspecified atom stereocenters. The lowest BCUT2D eigenvalue weighted by molar-refractivity contribution is 0.222. The Morgan fingerprint density at radius 3 is 2.28 bits per heavy atom. The van der Waals surface area contributed by atoms with Gasteiger partial charge in [-0.15, -0.1) is 6.58 Å². The Labute approximate surface area is 234 Å². The number of phenols is 1. The van der Waals surface area contributed by atoms with E-state index in [9.17, 15) is 5.11 Å². The molecular formula is C36H43NO2. The maximum absolute atomic E-state index is 10.4. The van der Waals surface area contributed by atoms with E-state index in [4.69, 9.17) is 4.74 Å². The summed E-state index contributed by atoms with van der Waals surface area (Å²) in [6.07, 6.45) is 8.55. The summed E-state index contributed by atoms with van der Waals surface area (Å²) in [5.41, 5.74) is 6.66. The fraction of sp³-hybridized carbons (Fsp3) is 0.444. The van der Waals surface area contributed by atoms with Gasteiger partial charge in [0.05, 0.1) is 6.61 Å². The molecule has 3 nitrogen and oxygen atoms in total. The highest BCUT2D eigenvalue weighted by Gasteiger charge is 2.36. The van der Waals surface area contributed by atoms with Crippen molar-refractivity contribution < 1.29 is 9.84 Å². The standard InChI is InChI=1S/C36H43NO2/c1-25(2)21-34(27-11-12-27)30-9-6-10-32(22-30)39-24-26-17-19-37(20-18-26)35-23-31(38)15-16-33(35)36(29-13-14-29)28-7-4-3-5-8-28/h3-10,15-16,22-23,26-27,29,34,36,38H,1,11-14,17-21,24H2,2H3. The number of phenolic OH excluding ortho intramolecular Hbond substituents is 1. The van der Waals surface area contributed by atoms with Crippen molar-refractivity contribution in [2.75, 3.05) is 24.6 Å². The van der Waals surface area contributed by atoms with Gasteiger partial charge in [-0.2, -0.15) is 0 Å². The Kier molecular flexibility index (Phi) is 7.68. The minimum absolute atomic E-state index is 0.359. The largest absolute Gasteiger partial charge is 0.508 e. The third-order valence-electron chi connectivity index (χ3n) is 9.09. The normalized spacial score (nSPS) is 19.5. The van der Waals surface area contributed by atoms with Crippen molar-refractivity contribution in [2.45, 2.75) is 63.7 Å². The van der Waals surface area contributed by atoms with Gasteiger partial charge in [0.2, 0.25) is 0 Å². The van der Waals surface area contributed by atoms with Gasteiger partial charge < -0.3 is 14.7 Å². The van der Waals surface area contributed by atoms with Crippen molar-refractivity contribution in [1.82, 2.24) is 0 Å². The summed E-state index contributed by atoms with van der Waals surface area (Å²) in [5.74, 6) is 4.41. The number of rotatable bonds is 11. The van der Waals surface area contributed by atoms with Crippen LogP contribution in [0, 0.1) is 17.8 Å². The van der Waals surface area contributed by atoms with Crippen molar-refractivity contribution >= 4 is 5.69 Å². The summed E-state index contributed by atoms with van der Waals surface area (Å²) in [7, 11) is 0. The first-order chi connectivity index (χ1) is 19.0. The predicted molar refractivity (Wildman–Crippen MR) is 161 cm³/mol. The van der Waals surface area contributed by atoms with Crippen LogP contribution in [-0.2, 0) is 0 Å². The zero-order valence-corrected chi connectivity index (χ0v) is 23.4. The summed E-state index contributed by atoms with van der Waals surface area (Å²) >= 11 is 0. The number of ether oxygens (including phenoxy) is 1. The van der Waals surface area contributed by atoms with Crippen molar-refractivity contribution in [3.8, 4) is 11.5 Å². The SMILES string of the molecule is C=C(C)CC(c1cccc(OCC2CCN(c3cc(O)ccc3C(c3ccccc3)C3CC3)CC2)c1)C1CC1. The van der Waals surface area contributed by atoms with Crippen LogP contribution in [0.25, 0.3) is 0 Å². The van der Waals surface area contributed by atoms with Crippen LogP contribution in [0.4, 0.5) is 5.69 Å². The minimum Gasteiger partial charge on any atom is -0.508 e. The Bertz CT molecular complexity index is 1270. The molecule has 3 aromatic rings. The van der Waals surface area contributed by atoms with Gasteiger partial charge in [0.15, 0.2) is 0 Å². The second-order valence-electron chi connectivity index (χ2n) is 12.4. The number of piperidine rings is 1. The number of allylic oxidation sites excluding steroid dienone is 1. The lowest BCUT2D eigenvalue weighted by atomic mass is 9.85. The molecule has 3 aliphatic rings. The summed E-state index contributed by atoms with van der Waals surface area (Å²) < 4.78 is 6.38. The second-order valence-corrected chi connectivity index (χ2v) is 12.4. The quantitative estimate of drug-likeness (QED) is 0.256. The number of anilines is 1. The molecule has 39 heavy (non-hydrogen) atoms. The van der Waals surface area contributed by atoms with Gasteiger partial charge in [-0.3, -0.25) is 0 Å². The molecule has 0 aromatic heterocycles. The number of nitrogens with zero attached hydrogens (tertiary/aromatic N) is 1. The molecule has 3 fully saturated rings. The smallest absolute Gasteiger partial charge is 0.119 e. The maximum atomic E-state index is 10.4. The Morgan fingerprint density at radius 2 is 1.59 bits per heavy atom. The topological polar surface area (TPSA) is 32.7 Å². The lowest BCUT2D eigenvalue weighted by Gasteiger charge is -2.36. The fourth-order valence-corrected chi connectivity index (χ4v) is 6.68. The first kappa shape index (κ1) is 26.0. The van der Waals surface area contributed by atoms with E-state index in [1.807, 2.05) is 12.1 Å². The molecule has 6 rings (SSSR count). The number of hydrogen-bond donors (Lipinski definition) is 1. The van der Waals surface area contributed by atoms with Gasteiger partial charge >= 0.3 is 0 Å². The van der Waals surface area contributed by atoms with Crippen LogP contribution in [-0.4, -0.2) is 24.8 Å². The Morgan fingerprint density at radius 1 is 0.872 bits per heavy atom. The molecule has 1 aliphatic heterocycles. The molecule has 204 valence electrons. The van der Waals surface area contributed by atoms with E-state index >= 15 is 0 Å². The highest BCUT2D eigenvalue weighted by atomic mass is 16.5. The zero-order valence-electron chi connectivity index (χ0n) is 23.4. The van der Waals surface area contributed by atoms with Gasteiger partial charge in [0, 0.05) is 30.8 Å². The average Bonchev–Trinajstić information content (AvgIpc) is 3.88. The van der Waals surface area contributed by atoms with Gasteiger partial charge in [-0.05, 0) is 110 Å². The highest BCUT2D eigenvalue weighted by Crippen LogP contribution is 2.50. The maximum Gasteiger partial charge on any atom is 0.119 e. The van der Waals surface area contributed by atoms with Gasteiger partial charge in [-0.1, -0.05) is 54.1 Å². The first-order valence-corrected chi connectivity index (χ1v) is 15.0. The number of aromatic hydroxyl groups is 1. The van der Waals surface area contributed by atoms with E-state index in [2.05, 4.69) is 79.1 Å². The van der Waals surface area contributed by atoms with Gasteiger partial charge in [-0.25, -0.2) is 0 Å². The van der Waals surface area contributed by atoms with Gasteiger partial charge in [0.1, 0.15) is 11.5 Å². The molecule has 0 amide bonds. The molecular weight excluding hydrogens is 478 g/mol. The van der Waals surface area contributed by atoms with Crippen LogP contribution in [0.2, 0.25) is 0 Å². The molecule has 1 heterocycles. The van der Waals surface area contributed by atoms with Crippen LogP contribution in [0.5, 0.6) is 11.5 Å². The summed E-state index contributed by atoms with van der Waals surface area (Å²) in [5, 5.41) is 10.4. The van der Waals surface area contributed by atoms with Crippen LogP contribution >= 0.6 is 0 Å². The van der Waals surface area contributed by atoms with Gasteiger partial charge in [0.25, 0.3) is 0 Å². The van der Waals surface area contributed by atoms with Crippen molar-refractivity contribution in [1.29, 1.82) is 0 Å². The number of benzene rings is 3. The molecule has 2 atom stereocenters. The van der Waals surface area contributed by atoms with Crippen molar-refractivity contribution in [3.63, 3.8) is 0 Å². The molecule has 0 spiro atoms. The minimum atomic E-state index is 0.359. The highest BCUT2D eigenvalue weighted by molar-refractivity contribution is 5.61. The summed E-state index contributed by atoms with van der Waals surface area (Å²) in [6, 6.07) is 25.8. The van der Waals surface area contributed by atoms with Crippen LogP contribution in [0.1, 0.15) is 80.4 Å². The lowest BCUT2D eigenvalue weighted by Crippen LogP contribution is -2.36. The molecule has 2 aliphatic carbocycles. The molecule has 1 N–H and O–H groups in total. The third-order valence-corrected chi connectivity index (χ3v) is 9.09. The van der Waals surface area contributed by atoms with Crippen molar-refractivity contribution in [2.24, 2.45) is 17.8 Å². The predicted octanol–water partition coefficient (Wildman–Crippen LogP) is 8.69. The molecule has 3 aromatic carbocycles. The fourth-order valence-electron chi connectivity index (χ4n) is 6.68. The summed E-state index contributed by atoms with van der Waals surface area (Å²) in [6.45, 7) is 9.09.